The molecule has 7 nitrogen and oxygen atoms in total. The number of rotatable bonds is 5. The van der Waals surface area contributed by atoms with E-state index >= 15 is 0 Å². The van der Waals surface area contributed by atoms with Crippen LogP contribution in [0, 0.1) is 13.8 Å². The molecule has 160 valence electrons. The second-order valence-electron chi connectivity index (χ2n) is 7.52. The molecule has 2 amide bonds. The van der Waals surface area contributed by atoms with E-state index in [1.807, 2.05) is 59.8 Å². The summed E-state index contributed by atoms with van der Waals surface area (Å²) in [4.78, 5) is 27.5. The SMILES string of the molecule is Cc1nn(-c2ccccc2)c(C)c1C1C(=O)NCCN1CC(=O)Nc1ccccc1Cl. The summed E-state index contributed by atoms with van der Waals surface area (Å²) in [5.74, 6) is -0.353. The fourth-order valence-electron chi connectivity index (χ4n) is 4.01. The minimum atomic E-state index is -0.594. The van der Waals surface area contributed by atoms with E-state index in [0.717, 1.165) is 22.6 Å². The minimum Gasteiger partial charge on any atom is -0.353 e. The summed E-state index contributed by atoms with van der Waals surface area (Å²) in [5, 5.41) is 10.9. The van der Waals surface area contributed by atoms with Gasteiger partial charge in [0, 0.05) is 24.3 Å². The zero-order chi connectivity index (χ0) is 22.0. The Morgan fingerprint density at radius 2 is 1.87 bits per heavy atom. The van der Waals surface area contributed by atoms with Crippen molar-refractivity contribution in [2.24, 2.45) is 0 Å². The van der Waals surface area contributed by atoms with Crippen LogP contribution in [0.4, 0.5) is 5.69 Å². The van der Waals surface area contributed by atoms with Crippen molar-refractivity contribution in [1.29, 1.82) is 0 Å². The molecule has 2 aromatic carbocycles. The van der Waals surface area contributed by atoms with Gasteiger partial charge in [0.15, 0.2) is 0 Å². The van der Waals surface area contributed by atoms with Gasteiger partial charge in [-0.2, -0.15) is 5.10 Å². The number of para-hydroxylation sites is 2. The van der Waals surface area contributed by atoms with Crippen molar-refractivity contribution >= 4 is 29.1 Å². The number of anilines is 1. The molecule has 1 aliphatic rings. The van der Waals surface area contributed by atoms with Crippen molar-refractivity contribution in [3.05, 3.63) is 76.6 Å². The highest BCUT2D eigenvalue weighted by molar-refractivity contribution is 6.33. The number of carbonyl (C=O) groups excluding carboxylic acids is 2. The number of hydrogen-bond acceptors (Lipinski definition) is 4. The van der Waals surface area contributed by atoms with Crippen molar-refractivity contribution in [3.63, 3.8) is 0 Å². The second-order valence-corrected chi connectivity index (χ2v) is 7.93. The van der Waals surface area contributed by atoms with Gasteiger partial charge in [0.25, 0.3) is 0 Å². The molecular weight excluding hydrogens is 414 g/mol. The molecule has 1 aliphatic heterocycles. The molecule has 0 bridgehead atoms. The highest BCUT2D eigenvalue weighted by Crippen LogP contribution is 2.30. The maximum atomic E-state index is 12.9. The summed E-state index contributed by atoms with van der Waals surface area (Å²) in [6.07, 6.45) is 0. The maximum Gasteiger partial charge on any atom is 0.242 e. The summed E-state index contributed by atoms with van der Waals surface area (Å²) in [6, 6.07) is 16.3. The lowest BCUT2D eigenvalue weighted by atomic mass is 10.00. The van der Waals surface area contributed by atoms with Gasteiger partial charge in [0.2, 0.25) is 11.8 Å². The normalized spacial score (nSPS) is 16.7. The zero-order valence-corrected chi connectivity index (χ0v) is 18.2. The minimum absolute atomic E-state index is 0.0682. The van der Waals surface area contributed by atoms with Gasteiger partial charge in [-0.25, -0.2) is 4.68 Å². The first-order valence-corrected chi connectivity index (χ1v) is 10.5. The van der Waals surface area contributed by atoms with E-state index < -0.39 is 6.04 Å². The van der Waals surface area contributed by atoms with E-state index in [4.69, 9.17) is 11.6 Å². The van der Waals surface area contributed by atoms with Crippen LogP contribution in [0.5, 0.6) is 0 Å². The molecule has 2 N–H and O–H groups in total. The van der Waals surface area contributed by atoms with Crippen LogP contribution in [0.2, 0.25) is 5.02 Å². The van der Waals surface area contributed by atoms with Gasteiger partial charge in [-0.3, -0.25) is 14.5 Å². The zero-order valence-electron chi connectivity index (χ0n) is 17.4. The van der Waals surface area contributed by atoms with E-state index in [-0.39, 0.29) is 18.4 Å². The molecule has 8 heteroatoms. The number of halogens is 1. The number of piperazine rings is 1. The number of carbonyl (C=O) groups is 2. The van der Waals surface area contributed by atoms with Crippen molar-refractivity contribution in [2.75, 3.05) is 25.0 Å². The molecule has 0 spiro atoms. The summed E-state index contributed by atoms with van der Waals surface area (Å²) in [5.41, 5.74) is 3.94. The molecule has 1 fully saturated rings. The molecule has 3 aromatic rings. The lowest BCUT2D eigenvalue weighted by molar-refractivity contribution is -0.130. The molecule has 4 rings (SSSR count). The fourth-order valence-corrected chi connectivity index (χ4v) is 4.19. The van der Waals surface area contributed by atoms with Crippen LogP contribution >= 0.6 is 11.6 Å². The smallest absolute Gasteiger partial charge is 0.242 e. The van der Waals surface area contributed by atoms with Gasteiger partial charge >= 0.3 is 0 Å². The van der Waals surface area contributed by atoms with Gasteiger partial charge in [0.05, 0.1) is 28.6 Å². The first-order valence-electron chi connectivity index (χ1n) is 10.1. The standard InChI is InChI=1S/C23H24ClN5O2/c1-15-21(16(2)29(27-15)17-8-4-3-5-9-17)22-23(31)25-12-13-28(22)14-20(30)26-19-11-7-6-10-18(19)24/h3-11,22H,12-14H2,1-2H3,(H,25,31)(H,26,30). The van der Waals surface area contributed by atoms with Crippen LogP contribution in [0.1, 0.15) is 23.0 Å². The highest BCUT2D eigenvalue weighted by Gasteiger charge is 2.36. The van der Waals surface area contributed by atoms with E-state index in [2.05, 4.69) is 15.7 Å². The largest absolute Gasteiger partial charge is 0.353 e. The van der Waals surface area contributed by atoms with E-state index in [1.54, 1.807) is 18.2 Å². The Bertz CT molecular complexity index is 1110. The Morgan fingerprint density at radius 3 is 2.61 bits per heavy atom. The van der Waals surface area contributed by atoms with Gasteiger partial charge in [-0.05, 0) is 38.1 Å². The second kappa shape index (κ2) is 8.91. The first kappa shape index (κ1) is 21.1. The van der Waals surface area contributed by atoms with Crippen LogP contribution < -0.4 is 10.6 Å². The maximum absolute atomic E-state index is 12.9. The molecule has 1 unspecified atom stereocenters. The number of aryl methyl sites for hydroxylation is 1. The lowest BCUT2D eigenvalue weighted by Crippen LogP contribution is -2.52. The van der Waals surface area contributed by atoms with E-state index in [0.29, 0.717) is 23.8 Å². The molecule has 2 heterocycles. The molecule has 1 atom stereocenters. The Balaban J connectivity index is 1.61. The van der Waals surface area contributed by atoms with E-state index in [9.17, 15) is 9.59 Å². The van der Waals surface area contributed by atoms with Crippen LogP contribution in [0.25, 0.3) is 5.69 Å². The van der Waals surface area contributed by atoms with Crippen LogP contribution in [0.3, 0.4) is 0 Å². The third-order valence-electron chi connectivity index (χ3n) is 5.43. The monoisotopic (exact) mass is 437 g/mol. The van der Waals surface area contributed by atoms with Crippen LogP contribution in [-0.2, 0) is 9.59 Å². The Morgan fingerprint density at radius 1 is 1.16 bits per heavy atom. The molecule has 0 aliphatic carbocycles. The van der Waals surface area contributed by atoms with E-state index in [1.165, 1.54) is 0 Å². The number of aromatic nitrogens is 2. The number of amides is 2. The predicted octanol–water partition coefficient (Wildman–Crippen LogP) is 3.25. The lowest BCUT2D eigenvalue weighted by Gasteiger charge is -2.34. The summed E-state index contributed by atoms with van der Waals surface area (Å²) in [6.45, 7) is 4.96. The molecular formula is C23H24ClN5O2. The van der Waals surface area contributed by atoms with Crippen LogP contribution in [-0.4, -0.2) is 46.1 Å². The highest BCUT2D eigenvalue weighted by atomic mass is 35.5. The summed E-state index contributed by atoms with van der Waals surface area (Å²) in [7, 11) is 0. The first-order chi connectivity index (χ1) is 15.0. The quantitative estimate of drug-likeness (QED) is 0.642. The number of hydrogen-bond donors (Lipinski definition) is 2. The third-order valence-corrected chi connectivity index (χ3v) is 5.76. The summed E-state index contributed by atoms with van der Waals surface area (Å²) >= 11 is 6.16. The van der Waals surface area contributed by atoms with Crippen molar-refractivity contribution in [3.8, 4) is 5.69 Å². The molecule has 0 radical (unpaired) electrons. The third kappa shape index (κ3) is 4.33. The van der Waals surface area contributed by atoms with Crippen molar-refractivity contribution in [2.45, 2.75) is 19.9 Å². The Labute approximate surface area is 186 Å². The Hall–Kier alpha value is -3.16. The molecule has 1 saturated heterocycles. The number of nitrogens with one attached hydrogen (secondary N) is 2. The van der Waals surface area contributed by atoms with Crippen molar-refractivity contribution in [1.82, 2.24) is 20.0 Å². The topological polar surface area (TPSA) is 79.3 Å². The molecule has 1 aromatic heterocycles. The fraction of sp³-hybridized carbons (Fsp3) is 0.261. The number of benzene rings is 2. The summed E-state index contributed by atoms with van der Waals surface area (Å²) < 4.78 is 1.84. The van der Waals surface area contributed by atoms with Crippen LogP contribution in [0.15, 0.2) is 54.6 Å². The molecule has 31 heavy (non-hydrogen) atoms. The van der Waals surface area contributed by atoms with Gasteiger partial charge in [-0.15, -0.1) is 0 Å². The van der Waals surface area contributed by atoms with Gasteiger partial charge in [0.1, 0.15) is 6.04 Å². The predicted molar refractivity (Wildman–Crippen MR) is 120 cm³/mol. The van der Waals surface area contributed by atoms with Crippen molar-refractivity contribution < 1.29 is 9.59 Å². The average Bonchev–Trinajstić information content (AvgIpc) is 3.05. The van der Waals surface area contributed by atoms with Gasteiger partial charge < -0.3 is 10.6 Å². The average molecular weight is 438 g/mol. The molecule has 0 saturated carbocycles. The van der Waals surface area contributed by atoms with Gasteiger partial charge in [-0.1, -0.05) is 41.9 Å². The number of nitrogens with zero attached hydrogens (tertiary/aromatic N) is 3. The Kier molecular flexibility index (Phi) is 6.06.